The number of aliphatic imine (C=N–C) groups is 1. The maximum atomic E-state index is 5.63. The van der Waals surface area contributed by atoms with Crippen LogP contribution in [0.1, 0.15) is 19.8 Å². The maximum absolute atomic E-state index is 5.63. The van der Waals surface area contributed by atoms with Crippen LogP contribution in [0.2, 0.25) is 0 Å². The average molecular weight is 334 g/mol. The van der Waals surface area contributed by atoms with Crippen molar-refractivity contribution >= 4 is 17.7 Å². The summed E-state index contributed by atoms with van der Waals surface area (Å²) in [5.74, 6) is 2.09. The Morgan fingerprint density at radius 1 is 1.35 bits per heavy atom. The molecular weight excluding hydrogens is 306 g/mol. The fourth-order valence-electron chi connectivity index (χ4n) is 3.34. The van der Waals surface area contributed by atoms with Gasteiger partial charge < -0.3 is 15.0 Å². The lowest BCUT2D eigenvalue weighted by Crippen LogP contribution is -2.41. The van der Waals surface area contributed by atoms with Crippen LogP contribution in [0, 0.1) is 5.41 Å². The van der Waals surface area contributed by atoms with Gasteiger partial charge in [0, 0.05) is 42.3 Å². The Kier molecular flexibility index (Phi) is 5.84. The molecule has 0 radical (unpaired) electrons. The van der Waals surface area contributed by atoms with Crippen LogP contribution in [0.5, 0.6) is 0 Å². The van der Waals surface area contributed by atoms with E-state index in [1.165, 1.54) is 17.7 Å². The molecule has 1 spiro atoms. The van der Waals surface area contributed by atoms with Crippen LogP contribution < -0.4 is 5.32 Å². The first-order chi connectivity index (χ1) is 11.3. The smallest absolute Gasteiger partial charge is 0.193 e. The number of hydrogen-bond acceptors (Lipinski definition) is 3. The second kappa shape index (κ2) is 8.06. The standard InChI is InChI=1S/C18H27N3OS/c1-2-19-17(20-10-13-23-16-6-4-3-5-7-16)21-11-8-18(14-21)9-12-22-15-18/h3-7H,2,8-15H2,1H3,(H,19,20). The van der Waals surface area contributed by atoms with Crippen LogP contribution >= 0.6 is 11.8 Å². The van der Waals surface area contributed by atoms with E-state index in [-0.39, 0.29) is 0 Å². The minimum absolute atomic E-state index is 0.384. The van der Waals surface area contributed by atoms with Crippen molar-refractivity contribution in [1.82, 2.24) is 10.2 Å². The number of ether oxygens (including phenoxy) is 1. The van der Waals surface area contributed by atoms with E-state index in [9.17, 15) is 0 Å². The Labute approximate surface area is 143 Å². The number of guanidine groups is 1. The number of likely N-dealkylation sites (tertiary alicyclic amines) is 1. The topological polar surface area (TPSA) is 36.9 Å². The maximum Gasteiger partial charge on any atom is 0.193 e. The third-order valence-electron chi connectivity index (χ3n) is 4.62. The second-order valence-corrected chi connectivity index (χ2v) is 7.54. The van der Waals surface area contributed by atoms with E-state index in [2.05, 4.69) is 47.5 Å². The highest BCUT2D eigenvalue weighted by atomic mass is 32.2. The van der Waals surface area contributed by atoms with Crippen LogP contribution in [0.25, 0.3) is 0 Å². The predicted octanol–water partition coefficient (Wildman–Crippen LogP) is 2.86. The van der Waals surface area contributed by atoms with Gasteiger partial charge in [0.1, 0.15) is 0 Å². The molecule has 2 heterocycles. The first-order valence-electron chi connectivity index (χ1n) is 8.60. The van der Waals surface area contributed by atoms with Crippen molar-refractivity contribution in [2.45, 2.75) is 24.7 Å². The van der Waals surface area contributed by atoms with Crippen LogP contribution in [0.4, 0.5) is 0 Å². The SMILES string of the molecule is CCNC(=NCCSc1ccccc1)N1CCC2(CCOC2)C1. The van der Waals surface area contributed by atoms with Gasteiger partial charge in [-0.3, -0.25) is 4.99 Å². The van der Waals surface area contributed by atoms with Crippen molar-refractivity contribution in [3.63, 3.8) is 0 Å². The van der Waals surface area contributed by atoms with Crippen molar-refractivity contribution in [3.05, 3.63) is 30.3 Å². The van der Waals surface area contributed by atoms with Crippen molar-refractivity contribution in [2.24, 2.45) is 10.4 Å². The highest BCUT2D eigenvalue weighted by Gasteiger charge is 2.42. The van der Waals surface area contributed by atoms with Gasteiger partial charge in [-0.2, -0.15) is 0 Å². The Balaban J connectivity index is 1.51. The molecule has 1 aromatic carbocycles. The molecule has 2 saturated heterocycles. The van der Waals surface area contributed by atoms with Crippen LogP contribution in [0.3, 0.4) is 0 Å². The predicted molar refractivity (Wildman–Crippen MR) is 97.2 cm³/mol. The summed E-state index contributed by atoms with van der Waals surface area (Å²) in [6, 6.07) is 10.5. The van der Waals surface area contributed by atoms with E-state index in [1.54, 1.807) is 0 Å². The number of nitrogens with one attached hydrogen (secondary N) is 1. The van der Waals surface area contributed by atoms with Crippen LogP contribution in [-0.4, -0.2) is 56.0 Å². The minimum atomic E-state index is 0.384. The molecule has 5 heteroatoms. The first-order valence-corrected chi connectivity index (χ1v) is 9.59. The normalized spacial score (nSPS) is 24.6. The number of nitrogens with zero attached hydrogens (tertiary/aromatic N) is 2. The lowest BCUT2D eigenvalue weighted by Gasteiger charge is -2.24. The zero-order chi connectivity index (χ0) is 16.0. The number of rotatable bonds is 5. The lowest BCUT2D eigenvalue weighted by atomic mass is 9.87. The largest absolute Gasteiger partial charge is 0.381 e. The van der Waals surface area contributed by atoms with Crippen LogP contribution in [-0.2, 0) is 4.74 Å². The first kappa shape index (κ1) is 16.7. The fraction of sp³-hybridized carbons (Fsp3) is 0.611. The number of hydrogen-bond donors (Lipinski definition) is 1. The Morgan fingerprint density at radius 2 is 2.22 bits per heavy atom. The molecule has 1 aromatic rings. The van der Waals surface area contributed by atoms with Crippen molar-refractivity contribution in [3.8, 4) is 0 Å². The summed E-state index contributed by atoms with van der Waals surface area (Å²) in [7, 11) is 0. The third-order valence-corrected chi connectivity index (χ3v) is 5.61. The van der Waals surface area contributed by atoms with Gasteiger partial charge in [0.05, 0.1) is 13.2 Å². The molecule has 0 bridgehead atoms. The van der Waals surface area contributed by atoms with E-state index >= 15 is 0 Å². The quantitative estimate of drug-likeness (QED) is 0.389. The summed E-state index contributed by atoms with van der Waals surface area (Å²) in [6.45, 7) is 7.94. The Hall–Kier alpha value is -1.20. The Bertz CT molecular complexity index is 514. The lowest BCUT2D eigenvalue weighted by molar-refractivity contribution is 0.156. The highest BCUT2D eigenvalue weighted by Crippen LogP contribution is 2.38. The van der Waals surface area contributed by atoms with Gasteiger partial charge in [-0.25, -0.2) is 0 Å². The Morgan fingerprint density at radius 3 is 2.96 bits per heavy atom. The molecule has 2 fully saturated rings. The molecule has 0 aromatic heterocycles. The molecular formula is C18H27N3OS. The molecule has 3 rings (SSSR count). The van der Waals surface area contributed by atoms with E-state index in [4.69, 9.17) is 9.73 Å². The van der Waals surface area contributed by atoms with Crippen molar-refractivity contribution in [2.75, 3.05) is 45.1 Å². The molecule has 126 valence electrons. The van der Waals surface area contributed by atoms with E-state index in [1.807, 2.05) is 11.8 Å². The molecule has 1 N–H and O–H groups in total. The summed E-state index contributed by atoms with van der Waals surface area (Å²) >= 11 is 1.87. The van der Waals surface area contributed by atoms with Crippen LogP contribution in [0.15, 0.2) is 40.2 Å². The van der Waals surface area contributed by atoms with Crippen molar-refractivity contribution < 1.29 is 4.74 Å². The van der Waals surface area contributed by atoms with Gasteiger partial charge in [0.2, 0.25) is 0 Å². The molecule has 23 heavy (non-hydrogen) atoms. The molecule has 1 unspecified atom stereocenters. The summed E-state index contributed by atoms with van der Waals surface area (Å²) in [5, 5.41) is 3.46. The van der Waals surface area contributed by atoms with E-state index < -0.39 is 0 Å². The summed E-state index contributed by atoms with van der Waals surface area (Å²) in [6.07, 6.45) is 2.43. The number of benzene rings is 1. The molecule has 0 aliphatic carbocycles. The summed E-state index contributed by atoms with van der Waals surface area (Å²) in [4.78, 5) is 8.57. The van der Waals surface area contributed by atoms with Gasteiger partial charge in [0.25, 0.3) is 0 Å². The van der Waals surface area contributed by atoms with Gasteiger partial charge >= 0.3 is 0 Å². The zero-order valence-corrected chi connectivity index (χ0v) is 14.8. The van der Waals surface area contributed by atoms with Gasteiger partial charge in [-0.15, -0.1) is 11.8 Å². The summed E-state index contributed by atoms with van der Waals surface area (Å²) < 4.78 is 5.63. The molecule has 2 aliphatic heterocycles. The second-order valence-electron chi connectivity index (χ2n) is 6.37. The molecule has 2 aliphatic rings. The average Bonchev–Trinajstić information content (AvgIpc) is 3.22. The molecule has 1 atom stereocenters. The minimum Gasteiger partial charge on any atom is -0.381 e. The molecule has 0 saturated carbocycles. The monoisotopic (exact) mass is 333 g/mol. The van der Waals surface area contributed by atoms with Gasteiger partial charge in [0.15, 0.2) is 5.96 Å². The van der Waals surface area contributed by atoms with Gasteiger partial charge in [-0.05, 0) is 31.9 Å². The van der Waals surface area contributed by atoms with E-state index in [0.717, 1.165) is 51.1 Å². The third kappa shape index (κ3) is 4.42. The highest BCUT2D eigenvalue weighted by molar-refractivity contribution is 7.99. The zero-order valence-electron chi connectivity index (χ0n) is 14.0. The molecule has 4 nitrogen and oxygen atoms in total. The number of thioether (sulfide) groups is 1. The molecule has 0 amide bonds. The fourth-order valence-corrected chi connectivity index (χ4v) is 4.11. The van der Waals surface area contributed by atoms with Gasteiger partial charge in [-0.1, -0.05) is 18.2 Å². The van der Waals surface area contributed by atoms with E-state index in [0.29, 0.717) is 5.41 Å². The summed E-state index contributed by atoms with van der Waals surface area (Å²) in [5.41, 5.74) is 0.384. The van der Waals surface area contributed by atoms with Crippen molar-refractivity contribution in [1.29, 1.82) is 0 Å².